The minimum Gasteiger partial charge on any atom is -0.465 e. The normalized spacial score (nSPS) is 34.7. The predicted molar refractivity (Wildman–Crippen MR) is 131 cm³/mol. The van der Waals surface area contributed by atoms with Crippen molar-refractivity contribution in [3.63, 3.8) is 0 Å². The van der Waals surface area contributed by atoms with Gasteiger partial charge in [-0.2, -0.15) is 0 Å². The number of esters is 2. The summed E-state index contributed by atoms with van der Waals surface area (Å²) in [6, 6.07) is 0. The molecule has 3 heterocycles. The van der Waals surface area contributed by atoms with E-state index in [-0.39, 0.29) is 24.1 Å². The Labute approximate surface area is 210 Å². The van der Waals surface area contributed by atoms with E-state index in [9.17, 15) is 9.59 Å². The van der Waals surface area contributed by atoms with E-state index in [0.717, 1.165) is 51.4 Å². The Bertz CT molecular complexity index is 626. The van der Waals surface area contributed by atoms with Crippen LogP contribution >= 0.6 is 0 Å². The first-order valence-electron chi connectivity index (χ1n) is 14.4. The fourth-order valence-corrected chi connectivity index (χ4v) is 5.58. The summed E-state index contributed by atoms with van der Waals surface area (Å²) in [5.74, 6) is -1.44. The van der Waals surface area contributed by atoms with Crippen LogP contribution in [0.25, 0.3) is 0 Å². The smallest absolute Gasteiger partial charge is 0.309 e. The van der Waals surface area contributed by atoms with E-state index in [1.165, 1.54) is 25.7 Å². The lowest BCUT2D eigenvalue weighted by molar-refractivity contribution is -0.162. The van der Waals surface area contributed by atoms with Crippen molar-refractivity contribution in [3.05, 3.63) is 0 Å². The molecule has 7 nitrogen and oxygen atoms in total. The van der Waals surface area contributed by atoms with Crippen molar-refractivity contribution in [3.8, 4) is 0 Å². The maximum atomic E-state index is 12.8. The summed E-state index contributed by atoms with van der Waals surface area (Å²) in [4.78, 5) is 25.6. The molecule has 35 heavy (non-hydrogen) atoms. The Hall–Kier alpha value is -1.18. The first kappa shape index (κ1) is 26.9. The van der Waals surface area contributed by atoms with E-state index < -0.39 is 11.8 Å². The number of carbonyl (C=O) groups is 2. The van der Waals surface area contributed by atoms with Crippen LogP contribution in [-0.4, -0.2) is 61.8 Å². The van der Waals surface area contributed by atoms with Crippen molar-refractivity contribution < 1.29 is 33.3 Å². The molecule has 1 saturated carbocycles. The van der Waals surface area contributed by atoms with Gasteiger partial charge in [-0.05, 0) is 64.2 Å². The Kier molecular flexibility index (Phi) is 10.3. The van der Waals surface area contributed by atoms with Gasteiger partial charge in [0.1, 0.15) is 0 Å². The minimum absolute atomic E-state index is 0.0999. The number of ether oxygens (including phenoxy) is 5. The van der Waals surface area contributed by atoms with Gasteiger partial charge >= 0.3 is 11.9 Å². The van der Waals surface area contributed by atoms with E-state index in [0.29, 0.717) is 50.5 Å². The molecule has 0 amide bonds. The largest absolute Gasteiger partial charge is 0.465 e. The van der Waals surface area contributed by atoms with Crippen LogP contribution < -0.4 is 0 Å². The number of hydrogen-bond acceptors (Lipinski definition) is 7. The molecule has 0 aromatic heterocycles. The number of carbonyl (C=O) groups excluding carboxylic acids is 2. The maximum Gasteiger partial charge on any atom is 0.309 e. The van der Waals surface area contributed by atoms with Crippen LogP contribution in [0.5, 0.6) is 0 Å². The third-order valence-electron chi connectivity index (χ3n) is 8.07. The Morgan fingerprint density at radius 3 is 1.40 bits per heavy atom. The van der Waals surface area contributed by atoms with Crippen LogP contribution in [0.2, 0.25) is 0 Å². The summed E-state index contributed by atoms with van der Waals surface area (Å²) in [6.07, 6.45) is 16.0. The summed E-state index contributed by atoms with van der Waals surface area (Å²) in [5, 5.41) is 0. The maximum absolute atomic E-state index is 12.8. The molecule has 0 spiro atoms. The average molecular weight is 495 g/mol. The van der Waals surface area contributed by atoms with Crippen molar-refractivity contribution in [2.24, 2.45) is 11.8 Å². The van der Waals surface area contributed by atoms with Crippen molar-refractivity contribution >= 4 is 11.9 Å². The lowest BCUT2D eigenvalue weighted by atomic mass is 9.79. The number of rotatable bonds is 18. The molecule has 0 N–H and O–H groups in total. The highest BCUT2D eigenvalue weighted by molar-refractivity contribution is 5.82. The molecule has 8 unspecified atom stereocenters. The zero-order chi connectivity index (χ0) is 24.6. The lowest BCUT2D eigenvalue weighted by Crippen LogP contribution is -2.37. The zero-order valence-electron chi connectivity index (χ0n) is 21.8. The van der Waals surface area contributed by atoms with Gasteiger partial charge in [-0.1, -0.05) is 39.5 Å². The summed E-state index contributed by atoms with van der Waals surface area (Å²) in [6.45, 7) is 5.21. The summed E-state index contributed by atoms with van der Waals surface area (Å²) in [5.41, 5.74) is 0. The molecule has 8 atom stereocenters. The highest BCUT2D eigenvalue weighted by Crippen LogP contribution is 2.44. The van der Waals surface area contributed by atoms with E-state index >= 15 is 0 Å². The number of hydrogen-bond donors (Lipinski definition) is 0. The monoisotopic (exact) mass is 494 g/mol. The van der Waals surface area contributed by atoms with E-state index in [2.05, 4.69) is 13.8 Å². The van der Waals surface area contributed by atoms with Gasteiger partial charge < -0.3 is 23.7 Å². The van der Waals surface area contributed by atoms with E-state index in [1.54, 1.807) is 0 Å². The minimum atomic E-state index is -0.448. The Balaban J connectivity index is 1.07. The topological polar surface area (TPSA) is 90.2 Å². The van der Waals surface area contributed by atoms with Crippen LogP contribution in [0, 0.1) is 11.8 Å². The van der Waals surface area contributed by atoms with Gasteiger partial charge in [0.2, 0.25) is 0 Å². The number of fused-ring (bicyclic) bond motifs is 1. The standard InChI is InChI=1S/C28H46O7/c1-3-5-11-21-23(33-21)13-7-9-15-31-27(29)19-17-25-26(35-25)18-20(19)28(30)32-16-10-8-14-24-22(34-24)12-6-4-2/h19-26H,3-18H2,1-2H3. The highest BCUT2D eigenvalue weighted by Gasteiger charge is 2.53. The molecular weight excluding hydrogens is 448 g/mol. The molecule has 0 aromatic carbocycles. The predicted octanol–water partition coefficient (Wildman–Crippen LogP) is 5.12. The molecule has 4 aliphatic rings. The van der Waals surface area contributed by atoms with E-state index in [4.69, 9.17) is 23.7 Å². The summed E-state index contributed by atoms with van der Waals surface area (Å²) in [7, 11) is 0. The molecule has 3 aliphatic heterocycles. The third kappa shape index (κ3) is 8.43. The van der Waals surface area contributed by atoms with Gasteiger partial charge in [0, 0.05) is 0 Å². The van der Waals surface area contributed by atoms with Crippen molar-refractivity contribution in [1.29, 1.82) is 0 Å². The van der Waals surface area contributed by atoms with Gasteiger partial charge in [-0.25, -0.2) is 0 Å². The zero-order valence-corrected chi connectivity index (χ0v) is 21.8. The highest BCUT2D eigenvalue weighted by atomic mass is 16.6. The fraction of sp³-hybridized carbons (Fsp3) is 0.929. The van der Waals surface area contributed by atoms with Gasteiger partial charge in [0.25, 0.3) is 0 Å². The number of unbranched alkanes of at least 4 members (excludes halogenated alkanes) is 4. The molecule has 4 rings (SSSR count). The molecule has 200 valence electrons. The van der Waals surface area contributed by atoms with Gasteiger partial charge in [0.15, 0.2) is 0 Å². The third-order valence-corrected chi connectivity index (χ3v) is 8.07. The second-order valence-electron chi connectivity index (χ2n) is 10.9. The second kappa shape index (κ2) is 13.4. The molecule has 7 heteroatoms. The SMILES string of the molecule is CCCCC1OC1CCCCOC(=O)C1CC2OC2CC1C(=O)OCCCCC1OC1CCCC. The van der Waals surface area contributed by atoms with Crippen LogP contribution in [0.1, 0.15) is 104 Å². The van der Waals surface area contributed by atoms with Crippen molar-refractivity contribution in [1.82, 2.24) is 0 Å². The lowest BCUT2D eigenvalue weighted by Gasteiger charge is -2.26. The van der Waals surface area contributed by atoms with Gasteiger partial charge in [-0.3, -0.25) is 9.59 Å². The molecular formula is C28H46O7. The summed E-state index contributed by atoms with van der Waals surface area (Å²) < 4.78 is 28.2. The van der Waals surface area contributed by atoms with Gasteiger partial charge in [0.05, 0.1) is 61.7 Å². The molecule has 4 fully saturated rings. The van der Waals surface area contributed by atoms with E-state index in [1.807, 2.05) is 0 Å². The summed E-state index contributed by atoms with van der Waals surface area (Å²) >= 11 is 0. The Morgan fingerprint density at radius 1 is 0.600 bits per heavy atom. The van der Waals surface area contributed by atoms with Gasteiger partial charge in [-0.15, -0.1) is 0 Å². The fourth-order valence-electron chi connectivity index (χ4n) is 5.58. The Morgan fingerprint density at radius 2 is 1.00 bits per heavy atom. The van der Waals surface area contributed by atoms with Crippen molar-refractivity contribution in [2.45, 2.75) is 140 Å². The average Bonchev–Trinajstić information content (AvgIpc) is 3.76. The van der Waals surface area contributed by atoms with Crippen LogP contribution in [0.4, 0.5) is 0 Å². The molecule has 3 saturated heterocycles. The first-order valence-corrected chi connectivity index (χ1v) is 14.4. The van der Waals surface area contributed by atoms with Crippen LogP contribution in [0.15, 0.2) is 0 Å². The number of epoxide rings is 3. The van der Waals surface area contributed by atoms with Crippen molar-refractivity contribution in [2.75, 3.05) is 13.2 Å². The quantitative estimate of drug-likeness (QED) is 0.148. The van der Waals surface area contributed by atoms with Crippen LogP contribution in [0.3, 0.4) is 0 Å². The van der Waals surface area contributed by atoms with Crippen LogP contribution in [-0.2, 0) is 33.3 Å². The second-order valence-corrected chi connectivity index (χ2v) is 10.9. The molecule has 0 aromatic rings. The molecule has 0 bridgehead atoms. The molecule has 1 aliphatic carbocycles. The first-order chi connectivity index (χ1) is 17.1. The molecule has 0 radical (unpaired) electrons.